The lowest BCUT2D eigenvalue weighted by atomic mass is 9.97. The summed E-state index contributed by atoms with van der Waals surface area (Å²) in [6.07, 6.45) is 5.47. The number of aromatic nitrogens is 2. The number of hydrogen-bond donors (Lipinski definition) is 1. The van der Waals surface area contributed by atoms with Crippen molar-refractivity contribution < 1.29 is 9.47 Å². The highest BCUT2D eigenvalue weighted by molar-refractivity contribution is 5.84. The van der Waals surface area contributed by atoms with Crippen LogP contribution in [0.15, 0.2) is 109 Å². The SMILES string of the molecule is c1ccc(Oc2cccc(Oc3cccc(-c4cccc5c4Nc4ncccc4CC5)c3)c2)nc1. The van der Waals surface area contributed by atoms with E-state index in [9.17, 15) is 0 Å². The first-order valence-corrected chi connectivity index (χ1v) is 11.6. The van der Waals surface area contributed by atoms with Crippen LogP contribution in [0, 0.1) is 0 Å². The Morgan fingerprint density at radius 2 is 1.34 bits per heavy atom. The maximum atomic E-state index is 6.21. The molecule has 0 spiro atoms. The molecule has 1 N–H and O–H groups in total. The summed E-state index contributed by atoms with van der Waals surface area (Å²) in [6.45, 7) is 0. The molecule has 0 saturated heterocycles. The van der Waals surface area contributed by atoms with E-state index in [0.29, 0.717) is 17.4 Å². The lowest BCUT2D eigenvalue weighted by Crippen LogP contribution is -1.98. The highest BCUT2D eigenvalue weighted by Gasteiger charge is 2.17. The highest BCUT2D eigenvalue weighted by Crippen LogP contribution is 2.38. The second-order valence-electron chi connectivity index (χ2n) is 8.35. The maximum Gasteiger partial charge on any atom is 0.219 e. The van der Waals surface area contributed by atoms with Crippen molar-refractivity contribution >= 4 is 11.5 Å². The van der Waals surface area contributed by atoms with Gasteiger partial charge >= 0.3 is 0 Å². The van der Waals surface area contributed by atoms with E-state index >= 15 is 0 Å². The predicted octanol–water partition coefficient (Wildman–Crippen LogP) is 7.57. The molecule has 3 heterocycles. The van der Waals surface area contributed by atoms with Gasteiger partial charge in [-0.1, -0.05) is 48.5 Å². The van der Waals surface area contributed by atoms with Crippen molar-refractivity contribution in [2.45, 2.75) is 12.8 Å². The highest BCUT2D eigenvalue weighted by atomic mass is 16.5. The van der Waals surface area contributed by atoms with Gasteiger partial charge in [0, 0.05) is 30.1 Å². The van der Waals surface area contributed by atoms with Crippen LogP contribution in [0.2, 0.25) is 0 Å². The summed E-state index contributed by atoms with van der Waals surface area (Å²) in [5.41, 5.74) is 5.82. The average Bonchev–Trinajstić information content (AvgIpc) is 3.09. The number of anilines is 2. The van der Waals surface area contributed by atoms with Crippen LogP contribution in [-0.2, 0) is 12.8 Å². The standard InChI is InChI=1S/C30H23N3O2/c1-2-17-31-28(14-1)35-26-12-5-11-25(20-26)34-24-10-3-8-23(19-24)27-13-4-7-21-15-16-22-9-6-18-32-30(22)33-29(21)27/h1-14,17-20H,15-16H2,(H,32,33). The van der Waals surface area contributed by atoms with E-state index in [4.69, 9.17) is 9.47 Å². The van der Waals surface area contributed by atoms with Crippen LogP contribution >= 0.6 is 0 Å². The Labute approximate surface area is 204 Å². The number of rotatable bonds is 5. The molecule has 5 nitrogen and oxygen atoms in total. The molecule has 2 aromatic heterocycles. The normalized spacial score (nSPS) is 12.0. The molecule has 3 aromatic carbocycles. The Morgan fingerprint density at radius 1 is 0.600 bits per heavy atom. The van der Waals surface area contributed by atoms with Gasteiger partial charge in [-0.3, -0.25) is 0 Å². The fourth-order valence-corrected chi connectivity index (χ4v) is 4.33. The zero-order chi connectivity index (χ0) is 23.5. The van der Waals surface area contributed by atoms with Gasteiger partial charge in [0.2, 0.25) is 5.88 Å². The Hall–Kier alpha value is -4.64. The van der Waals surface area contributed by atoms with Crippen molar-refractivity contribution in [3.8, 4) is 34.3 Å². The van der Waals surface area contributed by atoms with Gasteiger partial charge in [0.15, 0.2) is 0 Å². The second kappa shape index (κ2) is 9.31. The molecule has 5 heteroatoms. The van der Waals surface area contributed by atoms with Crippen molar-refractivity contribution in [1.82, 2.24) is 9.97 Å². The van der Waals surface area contributed by atoms with Gasteiger partial charge in [0.05, 0.1) is 5.69 Å². The van der Waals surface area contributed by atoms with Gasteiger partial charge in [0.25, 0.3) is 0 Å². The molecule has 0 amide bonds. The number of nitrogens with zero attached hydrogens (tertiary/aromatic N) is 2. The third-order valence-corrected chi connectivity index (χ3v) is 6.00. The van der Waals surface area contributed by atoms with Crippen LogP contribution in [0.5, 0.6) is 23.1 Å². The van der Waals surface area contributed by atoms with Crippen molar-refractivity contribution in [3.05, 3.63) is 121 Å². The second-order valence-corrected chi connectivity index (χ2v) is 8.35. The third kappa shape index (κ3) is 4.57. The molecule has 0 saturated carbocycles. The summed E-state index contributed by atoms with van der Waals surface area (Å²) >= 11 is 0. The molecule has 170 valence electrons. The van der Waals surface area contributed by atoms with E-state index in [1.807, 2.05) is 66.9 Å². The van der Waals surface area contributed by atoms with E-state index in [2.05, 4.69) is 51.7 Å². The summed E-state index contributed by atoms with van der Waals surface area (Å²) < 4.78 is 12.1. The minimum Gasteiger partial charge on any atom is -0.457 e. The molecule has 0 unspecified atom stereocenters. The number of benzene rings is 3. The maximum absolute atomic E-state index is 6.21. The summed E-state index contributed by atoms with van der Waals surface area (Å²) in [5.74, 6) is 3.58. The lowest BCUT2D eigenvalue weighted by molar-refractivity contribution is 0.449. The molecule has 0 aliphatic carbocycles. The minimum absolute atomic E-state index is 0.542. The molecule has 0 radical (unpaired) electrons. The Bertz CT molecular complexity index is 1480. The van der Waals surface area contributed by atoms with Gasteiger partial charge in [-0.15, -0.1) is 0 Å². The molecule has 1 aliphatic rings. The molecule has 35 heavy (non-hydrogen) atoms. The van der Waals surface area contributed by atoms with Crippen molar-refractivity contribution in [2.75, 3.05) is 5.32 Å². The molecule has 5 aromatic rings. The summed E-state index contributed by atoms with van der Waals surface area (Å²) in [4.78, 5) is 8.79. The van der Waals surface area contributed by atoms with E-state index in [1.165, 1.54) is 11.1 Å². The number of pyridine rings is 2. The predicted molar refractivity (Wildman–Crippen MR) is 138 cm³/mol. The fourth-order valence-electron chi connectivity index (χ4n) is 4.33. The third-order valence-electron chi connectivity index (χ3n) is 6.00. The van der Waals surface area contributed by atoms with Gasteiger partial charge in [0.1, 0.15) is 23.1 Å². The molecule has 6 rings (SSSR count). The van der Waals surface area contributed by atoms with Crippen LogP contribution in [0.4, 0.5) is 11.5 Å². The van der Waals surface area contributed by atoms with Crippen LogP contribution in [-0.4, -0.2) is 9.97 Å². The zero-order valence-electron chi connectivity index (χ0n) is 19.0. The molecular formula is C30H23N3O2. The van der Waals surface area contributed by atoms with Crippen LogP contribution in [0.25, 0.3) is 11.1 Å². The number of aryl methyl sites for hydroxylation is 2. The van der Waals surface area contributed by atoms with Crippen LogP contribution in [0.1, 0.15) is 11.1 Å². The molecule has 1 aliphatic heterocycles. The smallest absolute Gasteiger partial charge is 0.219 e. The first-order chi connectivity index (χ1) is 17.3. The van der Waals surface area contributed by atoms with E-state index in [-0.39, 0.29) is 0 Å². The van der Waals surface area contributed by atoms with Crippen molar-refractivity contribution in [3.63, 3.8) is 0 Å². The number of fused-ring (bicyclic) bond motifs is 2. The zero-order valence-corrected chi connectivity index (χ0v) is 19.0. The largest absolute Gasteiger partial charge is 0.457 e. The Balaban J connectivity index is 1.28. The summed E-state index contributed by atoms with van der Waals surface area (Å²) in [6, 6.07) is 31.9. The monoisotopic (exact) mass is 457 g/mol. The van der Waals surface area contributed by atoms with Crippen molar-refractivity contribution in [2.24, 2.45) is 0 Å². The van der Waals surface area contributed by atoms with Gasteiger partial charge in [-0.2, -0.15) is 0 Å². The van der Waals surface area contributed by atoms with E-state index < -0.39 is 0 Å². The first-order valence-electron chi connectivity index (χ1n) is 11.6. The molecule has 0 atom stereocenters. The quantitative estimate of drug-likeness (QED) is 0.295. The topological polar surface area (TPSA) is 56.3 Å². The number of nitrogens with one attached hydrogen (secondary N) is 1. The Morgan fingerprint density at radius 3 is 2.23 bits per heavy atom. The minimum atomic E-state index is 0.542. The lowest BCUT2D eigenvalue weighted by Gasteiger charge is -2.15. The van der Waals surface area contributed by atoms with Crippen molar-refractivity contribution in [1.29, 1.82) is 0 Å². The fraction of sp³-hybridized carbons (Fsp3) is 0.0667. The molecular weight excluding hydrogens is 434 g/mol. The molecule has 0 bridgehead atoms. The van der Waals surface area contributed by atoms with Gasteiger partial charge < -0.3 is 14.8 Å². The van der Waals surface area contributed by atoms with Crippen LogP contribution in [0.3, 0.4) is 0 Å². The number of hydrogen-bond acceptors (Lipinski definition) is 5. The van der Waals surface area contributed by atoms with Gasteiger partial charge in [-0.05, 0) is 65.9 Å². The summed E-state index contributed by atoms with van der Waals surface area (Å²) in [7, 11) is 0. The number of para-hydroxylation sites is 1. The van der Waals surface area contributed by atoms with Gasteiger partial charge in [-0.25, -0.2) is 9.97 Å². The number of ether oxygens (including phenoxy) is 2. The van der Waals surface area contributed by atoms with E-state index in [1.54, 1.807) is 6.20 Å². The first kappa shape index (κ1) is 20.9. The Kier molecular flexibility index (Phi) is 5.57. The molecule has 0 fully saturated rings. The summed E-state index contributed by atoms with van der Waals surface area (Å²) in [5, 5.41) is 3.60. The van der Waals surface area contributed by atoms with E-state index in [0.717, 1.165) is 41.2 Å². The average molecular weight is 458 g/mol. The van der Waals surface area contributed by atoms with Crippen LogP contribution < -0.4 is 14.8 Å².